The highest BCUT2D eigenvalue weighted by Gasteiger charge is 2.51. The largest absolute Gasteiger partial charge is 0.464 e. The summed E-state index contributed by atoms with van der Waals surface area (Å²) in [5.74, 6) is -0.918. The molecule has 2 unspecified atom stereocenters. The molecule has 2 atom stereocenters. The number of carbonyl (C=O) groups excluding carboxylic acids is 2. The molecule has 0 radical (unpaired) electrons. The van der Waals surface area contributed by atoms with Crippen LogP contribution in [0.4, 0.5) is 13.2 Å². The smallest absolute Gasteiger partial charge is 0.421 e. The van der Waals surface area contributed by atoms with Gasteiger partial charge in [0.05, 0.1) is 6.61 Å². The zero-order chi connectivity index (χ0) is 19.5. The van der Waals surface area contributed by atoms with E-state index in [9.17, 15) is 27.9 Å². The van der Waals surface area contributed by atoms with Crippen LogP contribution in [0.15, 0.2) is 24.3 Å². The topological polar surface area (TPSA) is 66.8 Å². The van der Waals surface area contributed by atoms with Gasteiger partial charge in [0.25, 0.3) is 5.91 Å². The summed E-state index contributed by atoms with van der Waals surface area (Å²) in [6.07, 6.45) is -2.81. The molecule has 1 aromatic carbocycles. The van der Waals surface area contributed by atoms with Crippen LogP contribution in [0.1, 0.15) is 49.0 Å². The molecule has 5 nitrogen and oxygen atoms in total. The number of halogens is 3. The second-order valence-corrected chi connectivity index (χ2v) is 6.41. The Bertz CT molecular complexity index is 655. The van der Waals surface area contributed by atoms with Crippen LogP contribution in [0, 0.1) is 0 Å². The van der Waals surface area contributed by atoms with Gasteiger partial charge in [-0.3, -0.25) is 4.79 Å². The van der Waals surface area contributed by atoms with Crippen molar-refractivity contribution >= 4 is 11.9 Å². The molecule has 0 aromatic heterocycles. The lowest BCUT2D eigenvalue weighted by molar-refractivity contribution is -0.258. The highest BCUT2D eigenvalue weighted by atomic mass is 19.4. The van der Waals surface area contributed by atoms with Crippen LogP contribution < -0.4 is 0 Å². The Morgan fingerprint density at radius 1 is 1.23 bits per heavy atom. The highest BCUT2D eigenvalue weighted by molar-refractivity contribution is 5.97. The van der Waals surface area contributed by atoms with Gasteiger partial charge in [0.2, 0.25) is 0 Å². The van der Waals surface area contributed by atoms with E-state index in [2.05, 4.69) is 0 Å². The normalized spacial score (nSPS) is 20.4. The van der Waals surface area contributed by atoms with Crippen molar-refractivity contribution in [3.05, 3.63) is 35.4 Å². The maximum absolute atomic E-state index is 12.9. The molecule has 0 saturated carbocycles. The molecule has 1 saturated heterocycles. The van der Waals surface area contributed by atoms with Crippen molar-refractivity contribution in [2.75, 3.05) is 13.2 Å². The maximum atomic E-state index is 12.9. The number of likely N-dealkylation sites (tertiary alicyclic amines) is 1. The van der Waals surface area contributed by atoms with Crippen LogP contribution in [0.25, 0.3) is 0 Å². The highest BCUT2D eigenvalue weighted by Crippen LogP contribution is 2.38. The number of benzene rings is 1. The third-order valence-corrected chi connectivity index (χ3v) is 4.57. The van der Waals surface area contributed by atoms with Crippen molar-refractivity contribution < 1.29 is 32.6 Å². The third kappa shape index (κ3) is 4.00. The number of amides is 1. The zero-order valence-electron chi connectivity index (χ0n) is 14.7. The molecule has 1 aromatic rings. The van der Waals surface area contributed by atoms with E-state index in [0.29, 0.717) is 19.9 Å². The van der Waals surface area contributed by atoms with Crippen molar-refractivity contribution in [3.63, 3.8) is 0 Å². The predicted molar refractivity (Wildman–Crippen MR) is 87.4 cm³/mol. The van der Waals surface area contributed by atoms with Gasteiger partial charge in [0, 0.05) is 12.1 Å². The Labute approximate surface area is 149 Å². The van der Waals surface area contributed by atoms with Crippen molar-refractivity contribution in [1.29, 1.82) is 0 Å². The SMILES string of the molecule is CCOC(=O)C1CCCCN1C(=O)c1ccc(C(C)(O)C(F)(F)F)cc1. The van der Waals surface area contributed by atoms with Gasteiger partial charge in [-0.15, -0.1) is 0 Å². The molecule has 144 valence electrons. The first-order valence-electron chi connectivity index (χ1n) is 8.47. The first-order chi connectivity index (χ1) is 12.1. The zero-order valence-corrected chi connectivity index (χ0v) is 14.7. The quantitative estimate of drug-likeness (QED) is 0.824. The molecule has 26 heavy (non-hydrogen) atoms. The van der Waals surface area contributed by atoms with Crippen LogP contribution in [-0.4, -0.2) is 47.3 Å². The maximum Gasteiger partial charge on any atom is 0.421 e. The van der Waals surface area contributed by atoms with E-state index in [1.807, 2.05) is 0 Å². The number of alkyl halides is 3. The van der Waals surface area contributed by atoms with Gasteiger partial charge in [-0.05, 0) is 50.8 Å². The Balaban J connectivity index is 2.22. The van der Waals surface area contributed by atoms with Gasteiger partial charge < -0.3 is 14.7 Å². The minimum atomic E-state index is -4.83. The summed E-state index contributed by atoms with van der Waals surface area (Å²) in [7, 11) is 0. The van der Waals surface area contributed by atoms with E-state index in [0.717, 1.165) is 25.0 Å². The summed E-state index contributed by atoms with van der Waals surface area (Å²) in [6, 6.07) is 3.92. The molecule has 0 bridgehead atoms. The van der Waals surface area contributed by atoms with Crippen LogP contribution in [0.5, 0.6) is 0 Å². The van der Waals surface area contributed by atoms with Crippen molar-refractivity contribution in [3.8, 4) is 0 Å². The Morgan fingerprint density at radius 2 is 1.85 bits per heavy atom. The van der Waals surface area contributed by atoms with Gasteiger partial charge in [-0.25, -0.2) is 4.79 Å². The standard InChI is InChI=1S/C18H22F3NO4/c1-3-26-16(24)14-6-4-5-11-22(14)15(23)12-7-9-13(10-8-12)17(2,25)18(19,20)21/h7-10,14,25H,3-6,11H2,1-2H3. The molecule has 2 rings (SSSR count). The number of esters is 1. The molecular weight excluding hydrogens is 351 g/mol. The molecule has 1 fully saturated rings. The minimum absolute atomic E-state index is 0.155. The van der Waals surface area contributed by atoms with E-state index in [1.54, 1.807) is 6.92 Å². The van der Waals surface area contributed by atoms with Gasteiger partial charge >= 0.3 is 12.1 Å². The number of rotatable bonds is 4. The van der Waals surface area contributed by atoms with E-state index in [1.165, 1.54) is 17.0 Å². The molecule has 1 N–H and O–H groups in total. The molecule has 1 heterocycles. The van der Waals surface area contributed by atoms with E-state index in [4.69, 9.17) is 4.74 Å². The number of aliphatic hydroxyl groups is 1. The lowest BCUT2D eigenvalue weighted by atomic mass is 9.94. The average Bonchev–Trinajstić information content (AvgIpc) is 2.60. The van der Waals surface area contributed by atoms with Crippen LogP contribution >= 0.6 is 0 Å². The lowest BCUT2D eigenvalue weighted by Crippen LogP contribution is -2.48. The third-order valence-electron chi connectivity index (χ3n) is 4.57. The number of nitrogens with zero attached hydrogens (tertiary/aromatic N) is 1. The van der Waals surface area contributed by atoms with Gasteiger partial charge in [0.15, 0.2) is 5.60 Å². The monoisotopic (exact) mass is 373 g/mol. The molecule has 1 amide bonds. The van der Waals surface area contributed by atoms with Crippen molar-refractivity contribution in [2.45, 2.75) is 50.9 Å². The minimum Gasteiger partial charge on any atom is -0.464 e. The molecule has 0 spiro atoms. The fourth-order valence-electron chi connectivity index (χ4n) is 2.92. The van der Waals surface area contributed by atoms with E-state index in [-0.39, 0.29) is 17.7 Å². The molecule has 0 aliphatic carbocycles. The fraction of sp³-hybridized carbons (Fsp3) is 0.556. The number of piperidine rings is 1. The van der Waals surface area contributed by atoms with Crippen molar-refractivity contribution in [1.82, 2.24) is 4.90 Å². The van der Waals surface area contributed by atoms with Crippen LogP contribution in [0.3, 0.4) is 0 Å². The Kier molecular flexibility index (Phi) is 5.95. The number of ether oxygens (including phenoxy) is 1. The van der Waals surface area contributed by atoms with Crippen molar-refractivity contribution in [2.24, 2.45) is 0 Å². The molecular formula is C18H22F3NO4. The lowest BCUT2D eigenvalue weighted by Gasteiger charge is -2.34. The van der Waals surface area contributed by atoms with Crippen LogP contribution in [-0.2, 0) is 15.1 Å². The predicted octanol–water partition coefficient (Wildman–Crippen LogP) is 3.01. The van der Waals surface area contributed by atoms with Gasteiger partial charge in [-0.2, -0.15) is 13.2 Å². The Hall–Kier alpha value is -2.09. The first kappa shape index (κ1) is 20.2. The van der Waals surface area contributed by atoms with Gasteiger partial charge in [-0.1, -0.05) is 12.1 Å². The Morgan fingerprint density at radius 3 is 2.38 bits per heavy atom. The number of carbonyl (C=O) groups is 2. The summed E-state index contributed by atoms with van der Waals surface area (Å²) in [6.45, 7) is 2.92. The second kappa shape index (κ2) is 7.65. The number of hydrogen-bond donors (Lipinski definition) is 1. The van der Waals surface area contributed by atoms with E-state index >= 15 is 0 Å². The fourth-order valence-corrected chi connectivity index (χ4v) is 2.92. The summed E-state index contributed by atoms with van der Waals surface area (Å²) in [4.78, 5) is 26.2. The second-order valence-electron chi connectivity index (χ2n) is 6.41. The summed E-state index contributed by atoms with van der Waals surface area (Å²) in [5, 5.41) is 9.69. The summed E-state index contributed by atoms with van der Waals surface area (Å²) in [5.41, 5.74) is -3.21. The number of hydrogen-bond acceptors (Lipinski definition) is 4. The molecule has 1 aliphatic rings. The summed E-state index contributed by atoms with van der Waals surface area (Å²) >= 11 is 0. The first-order valence-corrected chi connectivity index (χ1v) is 8.47. The average molecular weight is 373 g/mol. The van der Waals surface area contributed by atoms with Gasteiger partial charge in [0.1, 0.15) is 6.04 Å². The molecule has 1 aliphatic heterocycles. The van der Waals surface area contributed by atoms with E-state index < -0.39 is 29.7 Å². The summed E-state index contributed by atoms with van der Waals surface area (Å²) < 4.78 is 43.7. The molecule has 8 heteroatoms. The van der Waals surface area contributed by atoms with Crippen LogP contribution in [0.2, 0.25) is 0 Å².